The van der Waals surface area contributed by atoms with Crippen molar-refractivity contribution in [3.8, 4) is 0 Å². The Bertz CT molecular complexity index is 445. The van der Waals surface area contributed by atoms with Crippen LogP contribution in [0.3, 0.4) is 0 Å². The van der Waals surface area contributed by atoms with Crippen molar-refractivity contribution in [2.24, 2.45) is 11.8 Å². The normalized spacial score (nSPS) is 22.3. The lowest BCUT2D eigenvalue weighted by molar-refractivity contribution is 0.0695. The maximum atomic E-state index is 10.9. The third-order valence-electron chi connectivity index (χ3n) is 3.48. The molecular weight excluding hydrogens is 216 g/mol. The van der Waals surface area contributed by atoms with E-state index in [0.29, 0.717) is 5.69 Å². The molecule has 92 valence electrons. The third-order valence-corrected chi connectivity index (χ3v) is 3.48. The largest absolute Gasteiger partial charge is 0.478 e. The van der Waals surface area contributed by atoms with Crippen LogP contribution in [-0.2, 0) is 0 Å². The fraction of sp³-hybridized carbons (Fsp3) is 0.538. The third kappa shape index (κ3) is 2.57. The van der Waals surface area contributed by atoms with E-state index in [4.69, 9.17) is 5.11 Å². The molecule has 0 saturated heterocycles. The van der Waals surface area contributed by atoms with Crippen molar-refractivity contribution in [1.29, 1.82) is 0 Å². The molecule has 0 aliphatic heterocycles. The first kappa shape index (κ1) is 11.9. The van der Waals surface area contributed by atoms with Crippen LogP contribution in [0.15, 0.2) is 12.1 Å². The number of nitrogens with zero attached hydrogens (tertiary/aromatic N) is 2. The first-order valence-electron chi connectivity index (χ1n) is 5.91. The Labute approximate surface area is 101 Å². The summed E-state index contributed by atoms with van der Waals surface area (Å²) in [6, 6.07) is 3.41. The summed E-state index contributed by atoms with van der Waals surface area (Å²) in [7, 11) is 2.01. The quantitative estimate of drug-likeness (QED) is 0.867. The van der Waals surface area contributed by atoms with Gasteiger partial charge in [-0.25, -0.2) is 9.78 Å². The van der Waals surface area contributed by atoms with Gasteiger partial charge < -0.3 is 10.0 Å². The molecule has 4 heteroatoms. The highest BCUT2D eigenvalue weighted by Crippen LogP contribution is 2.38. The molecule has 0 radical (unpaired) electrons. The van der Waals surface area contributed by atoms with E-state index in [1.54, 1.807) is 19.1 Å². The summed E-state index contributed by atoms with van der Waals surface area (Å²) in [4.78, 5) is 17.3. The number of aryl methyl sites for hydroxylation is 1. The van der Waals surface area contributed by atoms with Crippen LogP contribution in [0.4, 0.5) is 5.82 Å². The number of aromatic carboxylic acids is 1. The Morgan fingerprint density at radius 3 is 2.71 bits per heavy atom. The van der Waals surface area contributed by atoms with Gasteiger partial charge in [0.15, 0.2) is 0 Å². The Morgan fingerprint density at radius 1 is 1.59 bits per heavy atom. The van der Waals surface area contributed by atoms with Crippen molar-refractivity contribution >= 4 is 11.8 Å². The lowest BCUT2D eigenvalue weighted by Crippen LogP contribution is -2.22. The van der Waals surface area contributed by atoms with E-state index < -0.39 is 5.97 Å². The summed E-state index contributed by atoms with van der Waals surface area (Å²) in [5.74, 6) is 1.52. The van der Waals surface area contributed by atoms with Crippen LogP contribution < -0.4 is 4.90 Å². The Kier molecular flexibility index (Phi) is 3.05. The molecule has 0 bridgehead atoms. The number of aromatic nitrogens is 1. The van der Waals surface area contributed by atoms with Crippen molar-refractivity contribution in [3.05, 3.63) is 23.4 Å². The number of carboxylic acids is 1. The molecule has 1 N–H and O–H groups in total. The first-order valence-corrected chi connectivity index (χ1v) is 5.91. The Hall–Kier alpha value is -1.58. The van der Waals surface area contributed by atoms with Gasteiger partial charge in [0, 0.05) is 13.6 Å². The summed E-state index contributed by atoms with van der Waals surface area (Å²) in [6.45, 7) is 4.99. The monoisotopic (exact) mass is 234 g/mol. The molecule has 1 fully saturated rings. The van der Waals surface area contributed by atoms with Gasteiger partial charge in [0.05, 0.1) is 11.3 Å². The Morgan fingerprint density at radius 2 is 2.24 bits per heavy atom. The van der Waals surface area contributed by atoms with E-state index >= 15 is 0 Å². The van der Waals surface area contributed by atoms with Gasteiger partial charge in [-0.3, -0.25) is 0 Å². The van der Waals surface area contributed by atoms with Crippen LogP contribution in [0.2, 0.25) is 0 Å². The van der Waals surface area contributed by atoms with Crippen molar-refractivity contribution in [3.63, 3.8) is 0 Å². The summed E-state index contributed by atoms with van der Waals surface area (Å²) >= 11 is 0. The van der Waals surface area contributed by atoms with Gasteiger partial charge in [-0.1, -0.05) is 6.92 Å². The predicted octanol–water partition coefficient (Wildman–Crippen LogP) is 2.18. The lowest BCUT2D eigenvalue weighted by Gasteiger charge is -2.18. The van der Waals surface area contributed by atoms with Crippen LogP contribution in [0.1, 0.15) is 29.4 Å². The highest BCUT2D eigenvalue weighted by molar-refractivity contribution is 5.89. The van der Waals surface area contributed by atoms with Gasteiger partial charge in [0.1, 0.15) is 5.82 Å². The minimum Gasteiger partial charge on any atom is -0.478 e. The second kappa shape index (κ2) is 4.35. The maximum Gasteiger partial charge on any atom is 0.337 e. The highest BCUT2D eigenvalue weighted by Gasteiger charge is 2.33. The second-order valence-corrected chi connectivity index (χ2v) is 4.96. The highest BCUT2D eigenvalue weighted by atomic mass is 16.4. The fourth-order valence-electron chi connectivity index (χ4n) is 2.09. The van der Waals surface area contributed by atoms with Crippen LogP contribution in [0.25, 0.3) is 0 Å². The summed E-state index contributed by atoms with van der Waals surface area (Å²) in [6.07, 6.45) is 1.29. The summed E-state index contributed by atoms with van der Waals surface area (Å²) in [5.41, 5.74) is 0.854. The molecule has 2 atom stereocenters. The van der Waals surface area contributed by atoms with Crippen molar-refractivity contribution in [1.82, 2.24) is 4.98 Å². The molecule has 1 aliphatic rings. The Balaban J connectivity index is 2.10. The molecule has 1 saturated carbocycles. The van der Waals surface area contributed by atoms with Gasteiger partial charge in [-0.15, -0.1) is 0 Å². The molecule has 0 aromatic carbocycles. The summed E-state index contributed by atoms with van der Waals surface area (Å²) < 4.78 is 0. The molecule has 4 nitrogen and oxygen atoms in total. The summed E-state index contributed by atoms with van der Waals surface area (Å²) in [5, 5.41) is 8.93. The van der Waals surface area contributed by atoms with Crippen molar-refractivity contribution in [2.45, 2.75) is 20.3 Å². The molecule has 2 unspecified atom stereocenters. The van der Waals surface area contributed by atoms with Crippen LogP contribution >= 0.6 is 0 Å². The maximum absolute atomic E-state index is 10.9. The lowest BCUT2D eigenvalue weighted by atomic mass is 10.2. The zero-order valence-electron chi connectivity index (χ0n) is 10.5. The topological polar surface area (TPSA) is 53.4 Å². The molecule has 17 heavy (non-hydrogen) atoms. The van der Waals surface area contributed by atoms with Crippen molar-refractivity contribution in [2.75, 3.05) is 18.5 Å². The molecular formula is C13H18N2O2. The number of hydrogen-bond acceptors (Lipinski definition) is 3. The molecule has 2 rings (SSSR count). The van der Waals surface area contributed by atoms with Crippen LogP contribution in [0, 0.1) is 18.8 Å². The number of carboxylic acid groups (broad SMARTS) is 1. The van der Waals surface area contributed by atoms with Gasteiger partial charge >= 0.3 is 5.97 Å². The first-order chi connectivity index (χ1) is 7.99. The predicted molar refractivity (Wildman–Crippen MR) is 66.5 cm³/mol. The fourth-order valence-corrected chi connectivity index (χ4v) is 2.09. The van der Waals surface area contributed by atoms with Gasteiger partial charge in [0.25, 0.3) is 0 Å². The molecule has 1 aromatic rings. The number of rotatable bonds is 4. The van der Waals surface area contributed by atoms with Crippen LogP contribution in [-0.4, -0.2) is 29.7 Å². The molecule has 0 amide bonds. The zero-order valence-corrected chi connectivity index (χ0v) is 10.5. The second-order valence-electron chi connectivity index (χ2n) is 4.96. The minimum absolute atomic E-state index is 0.280. The van der Waals surface area contributed by atoms with E-state index in [1.165, 1.54) is 6.42 Å². The van der Waals surface area contributed by atoms with Gasteiger partial charge in [-0.05, 0) is 37.3 Å². The standard InChI is InChI=1S/C13H18N2O2/c1-8-6-10(8)7-15(3)12-5-4-11(13(16)17)9(2)14-12/h4-5,8,10H,6-7H2,1-3H3,(H,16,17). The average molecular weight is 234 g/mol. The van der Waals surface area contributed by atoms with E-state index in [9.17, 15) is 4.79 Å². The number of pyridine rings is 1. The molecule has 0 spiro atoms. The van der Waals surface area contributed by atoms with Crippen LogP contribution in [0.5, 0.6) is 0 Å². The van der Waals surface area contributed by atoms with E-state index in [2.05, 4.69) is 16.8 Å². The van der Waals surface area contributed by atoms with Crippen molar-refractivity contribution < 1.29 is 9.90 Å². The number of carbonyl (C=O) groups is 1. The average Bonchev–Trinajstić information content (AvgIpc) is 2.93. The zero-order chi connectivity index (χ0) is 12.6. The van der Waals surface area contributed by atoms with Gasteiger partial charge in [-0.2, -0.15) is 0 Å². The van der Waals surface area contributed by atoms with Gasteiger partial charge in [0.2, 0.25) is 0 Å². The van der Waals surface area contributed by atoms with E-state index in [-0.39, 0.29) is 5.56 Å². The van der Waals surface area contributed by atoms with E-state index in [0.717, 1.165) is 24.2 Å². The number of hydrogen-bond donors (Lipinski definition) is 1. The SMILES string of the molecule is Cc1nc(N(C)CC2CC2C)ccc1C(=O)O. The smallest absolute Gasteiger partial charge is 0.337 e. The molecule has 1 aliphatic carbocycles. The van der Waals surface area contributed by atoms with E-state index in [1.807, 2.05) is 7.05 Å². The minimum atomic E-state index is -0.917. The molecule has 1 aromatic heterocycles. The molecule has 1 heterocycles. The number of anilines is 1.